The van der Waals surface area contributed by atoms with Gasteiger partial charge < -0.3 is 15.5 Å². The van der Waals surface area contributed by atoms with Crippen molar-refractivity contribution >= 4 is 48.0 Å². The van der Waals surface area contributed by atoms with E-state index in [1.165, 1.54) is 6.42 Å². The van der Waals surface area contributed by atoms with Gasteiger partial charge in [-0.1, -0.05) is 31.6 Å². The Bertz CT molecular complexity index is 850. The van der Waals surface area contributed by atoms with E-state index in [0.29, 0.717) is 28.6 Å². The minimum Gasteiger partial charge on any atom is -0.434 e. The van der Waals surface area contributed by atoms with Gasteiger partial charge in [0.2, 0.25) is 11.7 Å². The molecule has 0 bridgehead atoms. The number of amides is 2. The molecular weight excluding hydrogens is 374 g/mol. The van der Waals surface area contributed by atoms with Crippen molar-refractivity contribution in [2.75, 3.05) is 0 Å². The van der Waals surface area contributed by atoms with Gasteiger partial charge in [0.1, 0.15) is 5.52 Å². The van der Waals surface area contributed by atoms with Crippen LogP contribution in [-0.4, -0.2) is 36.3 Å². The highest BCUT2D eigenvalue weighted by molar-refractivity contribution is 7.04. The summed E-state index contributed by atoms with van der Waals surface area (Å²) in [6, 6.07) is 4.40. The van der Waals surface area contributed by atoms with E-state index in [0.717, 1.165) is 0 Å². The molecule has 0 fully saturated rings. The zero-order chi connectivity index (χ0) is 19.5. The minimum absolute atomic E-state index is 0.0822. The third kappa shape index (κ3) is 4.70. The predicted molar refractivity (Wildman–Crippen MR) is 102 cm³/mol. The van der Waals surface area contributed by atoms with E-state index in [-0.39, 0.29) is 11.4 Å². The average Bonchev–Trinajstić information content (AvgIpc) is 3.00. The van der Waals surface area contributed by atoms with Crippen LogP contribution >= 0.6 is 11.6 Å². The molecule has 0 spiro atoms. The van der Waals surface area contributed by atoms with Crippen LogP contribution in [0.25, 0.3) is 11.1 Å². The lowest BCUT2D eigenvalue weighted by molar-refractivity contribution is -0.118. The second-order valence-corrected chi connectivity index (χ2v) is 11.7. The Morgan fingerprint density at radius 1 is 1.38 bits per heavy atom. The molecule has 0 aliphatic rings. The maximum Gasteiger partial charge on any atom is 0.266 e. The van der Waals surface area contributed by atoms with E-state index >= 15 is 0 Å². The summed E-state index contributed by atoms with van der Waals surface area (Å²) in [5, 5.41) is 3.12. The summed E-state index contributed by atoms with van der Waals surface area (Å²) in [6.07, 6.45) is 1.74. The van der Waals surface area contributed by atoms with Crippen LogP contribution in [-0.2, 0) is 4.79 Å². The van der Waals surface area contributed by atoms with Crippen molar-refractivity contribution < 1.29 is 18.8 Å². The third-order valence-electron chi connectivity index (χ3n) is 4.07. The van der Waals surface area contributed by atoms with Crippen LogP contribution in [0.2, 0.25) is 24.2 Å². The molecule has 9 heteroatoms. The maximum absolute atomic E-state index is 12.6. The van der Waals surface area contributed by atoms with Gasteiger partial charge >= 0.3 is 0 Å². The van der Waals surface area contributed by atoms with Gasteiger partial charge in [-0.05, 0) is 30.7 Å². The van der Waals surface area contributed by atoms with E-state index in [1.54, 1.807) is 38.2 Å². The van der Waals surface area contributed by atoms with Gasteiger partial charge in [-0.15, -0.1) is 0 Å². The zero-order valence-electron chi connectivity index (χ0n) is 14.8. The van der Waals surface area contributed by atoms with Crippen molar-refractivity contribution in [2.45, 2.75) is 38.5 Å². The van der Waals surface area contributed by atoms with Crippen LogP contribution in [0.4, 0.5) is 4.79 Å². The van der Waals surface area contributed by atoms with E-state index in [2.05, 4.69) is 10.3 Å². The fourth-order valence-electron chi connectivity index (χ4n) is 2.19. The number of primary amides is 1. The second-order valence-electron chi connectivity index (χ2n) is 6.62. The normalized spacial score (nSPS) is 12.8. The summed E-state index contributed by atoms with van der Waals surface area (Å²) in [5.41, 5.74) is 5.90. The number of oxazole rings is 1. The quantitative estimate of drug-likeness (QED) is 0.527. The summed E-state index contributed by atoms with van der Waals surface area (Å²) < 4.78 is 5.46. The van der Waals surface area contributed by atoms with Crippen LogP contribution in [0.3, 0.4) is 0 Å². The number of hydrogen-bond donors (Lipinski definition) is 2. The molecule has 1 atom stereocenters. The summed E-state index contributed by atoms with van der Waals surface area (Å²) >= 11 is 5.90. The molecule has 1 aromatic carbocycles. The molecule has 2 amide bonds. The van der Waals surface area contributed by atoms with Crippen LogP contribution in [0.1, 0.15) is 24.0 Å². The molecule has 2 aromatic rings. The van der Waals surface area contributed by atoms with Crippen molar-refractivity contribution in [1.82, 2.24) is 10.3 Å². The zero-order valence-corrected chi connectivity index (χ0v) is 16.6. The van der Waals surface area contributed by atoms with E-state index in [1.807, 2.05) is 0 Å². The number of nitrogens with one attached hydrogen (secondary N) is 1. The average molecular weight is 395 g/mol. The van der Waals surface area contributed by atoms with Gasteiger partial charge in [0, 0.05) is 11.4 Å². The number of hydrogen-bond acceptors (Lipinski definition) is 5. The standard InChI is InChI=1S/C17H21ClN3O4Si/c1-4-11(20-14(22)7-8-26(2,3)17(19)24)15(23)16-21-12-9-10(18)5-6-13(12)25-16/h5-7,9,11H,4,8H2,1-3H3,(H2,19,24)(H,20,22)/t11-/m1/s1. The molecule has 7 nitrogen and oxygen atoms in total. The largest absolute Gasteiger partial charge is 0.434 e. The molecule has 2 rings (SSSR count). The number of fused-ring (bicyclic) bond motifs is 1. The summed E-state index contributed by atoms with van der Waals surface area (Å²) in [5.74, 6) is -0.930. The Balaban J connectivity index is 2.05. The number of nitrogens with zero attached hydrogens (tertiary/aromatic N) is 1. The number of aromatic nitrogens is 1. The highest BCUT2D eigenvalue weighted by Gasteiger charge is 2.30. The van der Waals surface area contributed by atoms with Crippen molar-refractivity contribution in [2.24, 2.45) is 5.73 Å². The number of Topliss-reactive ketones (excluding diaryl/α,β-unsaturated/α-hetero) is 1. The summed E-state index contributed by atoms with van der Waals surface area (Å²) in [4.78, 5) is 40.2. The minimum atomic E-state index is -2.33. The Labute approximate surface area is 157 Å². The summed E-state index contributed by atoms with van der Waals surface area (Å²) in [7, 11) is -2.33. The van der Waals surface area contributed by atoms with Crippen LogP contribution in [0, 0.1) is 6.42 Å². The van der Waals surface area contributed by atoms with Gasteiger partial charge in [-0.3, -0.25) is 14.4 Å². The van der Waals surface area contributed by atoms with E-state index in [9.17, 15) is 14.4 Å². The molecule has 3 N–H and O–H groups in total. The molecule has 1 aromatic heterocycles. The van der Waals surface area contributed by atoms with E-state index < -0.39 is 25.8 Å². The fraction of sp³-hybridized carbons (Fsp3) is 0.353. The molecule has 0 aliphatic carbocycles. The first-order chi connectivity index (χ1) is 12.1. The lowest BCUT2D eigenvalue weighted by Crippen LogP contribution is -2.45. The smallest absolute Gasteiger partial charge is 0.266 e. The van der Waals surface area contributed by atoms with Crippen molar-refractivity contribution in [1.29, 1.82) is 0 Å². The Kier molecular flexibility index (Phi) is 6.20. The van der Waals surface area contributed by atoms with Gasteiger partial charge in [0.25, 0.3) is 5.89 Å². The predicted octanol–water partition coefficient (Wildman–Crippen LogP) is 3.13. The molecule has 1 radical (unpaired) electrons. The Hall–Kier alpha value is -2.19. The van der Waals surface area contributed by atoms with Gasteiger partial charge in [-0.2, -0.15) is 0 Å². The van der Waals surface area contributed by atoms with Crippen LogP contribution in [0.5, 0.6) is 0 Å². The lowest BCUT2D eigenvalue weighted by Gasteiger charge is -2.18. The number of benzene rings is 1. The Morgan fingerprint density at radius 2 is 2.08 bits per heavy atom. The molecule has 0 unspecified atom stereocenters. The Morgan fingerprint density at radius 3 is 2.69 bits per heavy atom. The molecular formula is C17H21ClN3O4Si. The SMILES string of the molecule is CC[C@@H](NC(=O)[CH]C[Si](C)(C)C(N)=O)C(=O)c1nc2cc(Cl)ccc2o1. The van der Waals surface area contributed by atoms with Crippen molar-refractivity contribution in [3.05, 3.63) is 35.5 Å². The third-order valence-corrected chi connectivity index (χ3v) is 6.86. The number of ketones is 1. The molecule has 26 heavy (non-hydrogen) atoms. The number of halogens is 1. The highest BCUT2D eigenvalue weighted by Crippen LogP contribution is 2.21. The van der Waals surface area contributed by atoms with Crippen molar-refractivity contribution in [3.8, 4) is 0 Å². The van der Waals surface area contributed by atoms with Gasteiger partial charge in [-0.25, -0.2) is 4.98 Å². The number of rotatable bonds is 8. The molecule has 1 heterocycles. The summed E-state index contributed by atoms with van der Waals surface area (Å²) in [6.45, 7) is 5.33. The van der Waals surface area contributed by atoms with Gasteiger partial charge in [0.05, 0.1) is 6.04 Å². The first-order valence-electron chi connectivity index (χ1n) is 8.18. The van der Waals surface area contributed by atoms with Crippen LogP contribution < -0.4 is 11.1 Å². The number of nitrogens with two attached hydrogens (primary N) is 1. The maximum atomic E-state index is 12.6. The monoisotopic (exact) mass is 394 g/mol. The fourth-order valence-corrected chi connectivity index (χ4v) is 3.25. The van der Waals surface area contributed by atoms with Crippen LogP contribution in [0.15, 0.2) is 22.6 Å². The van der Waals surface area contributed by atoms with E-state index in [4.69, 9.17) is 21.8 Å². The molecule has 0 saturated heterocycles. The molecule has 0 saturated carbocycles. The lowest BCUT2D eigenvalue weighted by atomic mass is 10.1. The first kappa shape index (κ1) is 20.1. The number of carbonyl (C=O) groups is 3. The second kappa shape index (κ2) is 8.01. The highest BCUT2D eigenvalue weighted by atomic mass is 35.5. The first-order valence-corrected chi connectivity index (χ1v) is 11.8. The molecule has 139 valence electrons. The van der Waals surface area contributed by atoms with Crippen molar-refractivity contribution in [3.63, 3.8) is 0 Å². The molecule has 0 aliphatic heterocycles. The topological polar surface area (TPSA) is 115 Å². The van der Waals surface area contributed by atoms with Gasteiger partial charge in [0.15, 0.2) is 19.2 Å². The number of carbonyl (C=O) groups excluding carboxylic acids is 3.